The van der Waals surface area contributed by atoms with Crippen molar-refractivity contribution in [2.75, 3.05) is 0 Å². The molecule has 2 rings (SSSR count). The van der Waals surface area contributed by atoms with Crippen LogP contribution in [-0.4, -0.2) is 9.97 Å². The van der Waals surface area contributed by atoms with Crippen molar-refractivity contribution >= 4 is 43.5 Å². The third-order valence-corrected chi connectivity index (χ3v) is 3.55. The van der Waals surface area contributed by atoms with Gasteiger partial charge in [0.05, 0.1) is 15.8 Å². The minimum absolute atomic E-state index is 0.0289. The van der Waals surface area contributed by atoms with Crippen molar-refractivity contribution in [2.24, 2.45) is 0 Å². The topological polar surface area (TPSA) is 55.0 Å². The number of nitrogens with zero attached hydrogens (tertiary/aromatic N) is 1. The zero-order valence-corrected chi connectivity index (χ0v) is 12.4. The Morgan fingerprint density at radius 3 is 2.83 bits per heavy atom. The summed E-state index contributed by atoms with van der Waals surface area (Å²) in [4.78, 5) is 17.5. The highest BCUT2D eigenvalue weighted by Crippen LogP contribution is 2.34. The van der Waals surface area contributed by atoms with Crippen LogP contribution in [-0.2, 0) is 0 Å². The quantitative estimate of drug-likeness (QED) is 0.782. The molecule has 18 heavy (non-hydrogen) atoms. The van der Waals surface area contributed by atoms with Crippen molar-refractivity contribution in [3.63, 3.8) is 0 Å². The lowest BCUT2D eigenvalue weighted by Crippen LogP contribution is -2.08. The van der Waals surface area contributed by atoms with Gasteiger partial charge < -0.3 is 9.72 Å². The molecule has 0 bridgehead atoms. The molecular formula is C10H4Br2ClFN2O2. The van der Waals surface area contributed by atoms with Gasteiger partial charge in [-0.3, -0.25) is 4.79 Å². The number of H-pyrrole nitrogens is 1. The summed E-state index contributed by atoms with van der Waals surface area (Å²) in [5, 5.41) is -0.0350. The van der Waals surface area contributed by atoms with Crippen molar-refractivity contribution in [3.05, 3.63) is 48.6 Å². The summed E-state index contributed by atoms with van der Waals surface area (Å²) < 4.78 is 19.2. The first-order valence-electron chi connectivity index (χ1n) is 4.54. The van der Waals surface area contributed by atoms with Crippen LogP contribution in [0.2, 0.25) is 5.02 Å². The van der Waals surface area contributed by atoms with Crippen molar-refractivity contribution in [1.82, 2.24) is 9.97 Å². The van der Waals surface area contributed by atoms with E-state index < -0.39 is 11.4 Å². The van der Waals surface area contributed by atoms with Gasteiger partial charge in [0.2, 0.25) is 5.88 Å². The number of hydrogen-bond acceptors (Lipinski definition) is 3. The molecule has 0 saturated heterocycles. The van der Waals surface area contributed by atoms with Gasteiger partial charge in [0.25, 0.3) is 5.56 Å². The van der Waals surface area contributed by atoms with Gasteiger partial charge in [-0.05, 0) is 37.9 Å². The second kappa shape index (κ2) is 5.38. The second-order valence-corrected chi connectivity index (χ2v) is 5.20. The fourth-order valence-corrected chi connectivity index (χ4v) is 2.14. The van der Waals surface area contributed by atoms with Crippen LogP contribution in [0.1, 0.15) is 0 Å². The molecule has 8 heteroatoms. The number of ether oxygens (including phenoxy) is 1. The molecule has 0 amide bonds. The number of aromatic amines is 1. The van der Waals surface area contributed by atoms with Gasteiger partial charge in [-0.15, -0.1) is 0 Å². The molecule has 0 radical (unpaired) electrons. The lowest BCUT2D eigenvalue weighted by molar-refractivity contribution is 0.449. The molecule has 2 aromatic rings. The lowest BCUT2D eigenvalue weighted by atomic mass is 10.3. The fourth-order valence-electron chi connectivity index (χ4n) is 1.12. The third-order valence-electron chi connectivity index (χ3n) is 1.95. The Morgan fingerprint density at radius 2 is 2.11 bits per heavy atom. The molecule has 1 aromatic carbocycles. The molecule has 0 aliphatic carbocycles. The Labute approximate surface area is 122 Å². The van der Waals surface area contributed by atoms with Gasteiger partial charge in [0.1, 0.15) is 16.0 Å². The van der Waals surface area contributed by atoms with E-state index in [9.17, 15) is 9.18 Å². The number of rotatable bonds is 2. The minimum Gasteiger partial charge on any atom is -0.436 e. The van der Waals surface area contributed by atoms with Crippen LogP contribution in [0.4, 0.5) is 4.39 Å². The maximum atomic E-state index is 13.3. The maximum absolute atomic E-state index is 13.3. The molecule has 0 fully saturated rings. The van der Waals surface area contributed by atoms with Gasteiger partial charge in [0.15, 0.2) is 0 Å². The van der Waals surface area contributed by atoms with E-state index in [2.05, 4.69) is 41.8 Å². The largest absolute Gasteiger partial charge is 0.436 e. The number of aromatic nitrogens is 2. The average molecular weight is 398 g/mol. The van der Waals surface area contributed by atoms with Crippen LogP contribution in [0, 0.1) is 5.82 Å². The summed E-state index contributed by atoms with van der Waals surface area (Å²) in [5.74, 6) is -0.437. The molecule has 0 aliphatic heterocycles. The lowest BCUT2D eigenvalue weighted by Gasteiger charge is -2.08. The van der Waals surface area contributed by atoms with Gasteiger partial charge in [-0.25, -0.2) is 9.37 Å². The van der Waals surface area contributed by atoms with E-state index in [-0.39, 0.29) is 21.1 Å². The highest BCUT2D eigenvalue weighted by atomic mass is 79.9. The zero-order valence-electron chi connectivity index (χ0n) is 8.51. The van der Waals surface area contributed by atoms with Crippen molar-refractivity contribution in [3.8, 4) is 11.6 Å². The monoisotopic (exact) mass is 396 g/mol. The second-order valence-electron chi connectivity index (χ2n) is 3.15. The zero-order chi connectivity index (χ0) is 13.3. The summed E-state index contributed by atoms with van der Waals surface area (Å²) in [6, 6.07) is 2.45. The van der Waals surface area contributed by atoms with Gasteiger partial charge >= 0.3 is 0 Å². The van der Waals surface area contributed by atoms with E-state index in [0.717, 1.165) is 6.07 Å². The molecule has 4 nitrogen and oxygen atoms in total. The van der Waals surface area contributed by atoms with Crippen molar-refractivity contribution < 1.29 is 9.13 Å². The predicted octanol–water partition coefficient (Wildman–Crippen LogP) is 3.88. The molecule has 1 N–H and O–H groups in total. The van der Waals surface area contributed by atoms with Crippen LogP contribution < -0.4 is 10.3 Å². The first-order chi connectivity index (χ1) is 8.49. The highest BCUT2D eigenvalue weighted by molar-refractivity contribution is 9.11. The van der Waals surface area contributed by atoms with E-state index in [1.54, 1.807) is 0 Å². The number of nitrogens with one attached hydrogen (secondary N) is 1. The first kappa shape index (κ1) is 13.5. The highest BCUT2D eigenvalue weighted by Gasteiger charge is 2.12. The van der Waals surface area contributed by atoms with Gasteiger partial charge in [-0.2, -0.15) is 0 Å². The van der Waals surface area contributed by atoms with Crippen molar-refractivity contribution in [2.45, 2.75) is 0 Å². The number of halogens is 4. The van der Waals surface area contributed by atoms with E-state index >= 15 is 0 Å². The smallest absolute Gasteiger partial charge is 0.268 e. The Hall–Kier alpha value is -0.920. The summed E-state index contributed by atoms with van der Waals surface area (Å²) in [7, 11) is 0. The van der Waals surface area contributed by atoms with Crippen LogP contribution in [0.25, 0.3) is 0 Å². The third kappa shape index (κ3) is 2.73. The molecule has 1 heterocycles. The molecule has 0 saturated carbocycles. The minimum atomic E-state index is -0.629. The molecule has 1 aromatic heterocycles. The van der Waals surface area contributed by atoms with Crippen LogP contribution >= 0.6 is 43.5 Å². The number of benzene rings is 1. The fraction of sp³-hybridized carbons (Fsp3) is 0. The molecule has 0 unspecified atom stereocenters. The van der Waals surface area contributed by atoms with Gasteiger partial charge in [-0.1, -0.05) is 11.6 Å². The van der Waals surface area contributed by atoms with Crippen molar-refractivity contribution in [1.29, 1.82) is 0 Å². The summed E-state index contributed by atoms with van der Waals surface area (Å²) in [6.45, 7) is 0. The molecule has 0 spiro atoms. The Kier molecular flexibility index (Phi) is 4.04. The predicted molar refractivity (Wildman–Crippen MR) is 71.7 cm³/mol. The normalized spacial score (nSPS) is 10.4. The molecule has 0 atom stereocenters. The van der Waals surface area contributed by atoms with Crippen LogP contribution in [0.5, 0.6) is 11.6 Å². The average Bonchev–Trinajstić information content (AvgIpc) is 2.32. The summed E-state index contributed by atoms with van der Waals surface area (Å²) >= 11 is 11.8. The van der Waals surface area contributed by atoms with E-state index in [0.29, 0.717) is 4.47 Å². The summed E-state index contributed by atoms with van der Waals surface area (Å²) in [6.07, 6.45) is 1.18. The van der Waals surface area contributed by atoms with Gasteiger partial charge in [0, 0.05) is 6.07 Å². The molecule has 94 valence electrons. The maximum Gasteiger partial charge on any atom is 0.268 e. The first-order valence-corrected chi connectivity index (χ1v) is 6.51. The summed E-state index contributed by atoms with van der Waals surface area (Å²) in [5.41, 5.74) is -0.398. The van der Waals surface area contributed by atoms with Crippen LogP contribution in [0.15, 0.2) is 32.2 Å². The number of hydrogen-bond donors (Lipinski definition) is 1. The van der Waals surface area contributed by atoms with E-state index in [1.165, 1.54) is 12.4 Å². The molecular weight excluding hydrogens is 394 g/mol. The molecule has 0 aliphatic rings. The van der Waals surface area contributed by atoms with E-state index in [1.807, 2.05) is 0 Å². The Balaban J connectivity index is 2.43. The van der Waals surface area contributed by atoms with Crippen LogP contribution in [0.3, 0.4) is 0 Å². The Bertz CT molecular complexity index is 663. The van der Waals surface area contributed by atoms with E-state index in [4.69, 9.17) is 16.3 Å². The standard InChI is InChI=1S/C10H4Br2ClFN2O2/c11-4-1-5(13)6(14)2-7(4)18-10-8(12)9(17)15-3-16-10/h1-3H,(H,15,16,17). The Morgan fingerprint density at radius 1 is 1.39 bits per heavy atom. The SMILES string of the molecule is O=c1[nH]cnc(Oc2cc(F)c(Cl)cc2Br)c1Br.